The van der Waals surface area contributed by atoms with Crippen LogP contribution in [0, 0.1) is 0 Å². The molecule has 1 heterocycles. The zero-order valence-corrected chi connectivity index (χ0v) is 12.2. The maximum Gasteiger partial charge on any atom is 0.251 e. The molecule has 2 rings (SSSR count). The van der Waals surface area contributed by atoms with Crippen LogP contribution >= 0.6 is 11.6 Å². The summed E-state index contributed by atoms with van der Waals surface area (Å²) in [5, 5.41) is 3.92. The molecule has 0 fully saturated rings. The first-order chi connectivity index (χ1) is 9.69. The highest BCUT2D eigenvalue weighted by Gasteiger charge is 2.05. The van der Waals surface area contributed by atoms with Gasteiger partial charge in [-0.3, -0.25) is 4.79 Å². The predicted octanol–water partition coefficient (Wildman–Crippen LogP) is 2.51. The van der Waals surface area contributed by atoms with Crippen LogP contribution < -0.4 is 10.9 Å². The van der Waals surface area contributed by atoms with Gasteiger partial charge in [-0.05, 0) is 24.6 Å². The number of aromatic nitrogens is 2. The lowest BCUT2D eigenvalue weighted by atomic mass is 10.1. The Morgan fingerprint density at radius 2 is 2.15 bits per heavy atom. The number of halogens is 1. The summed E-state index contributed by atoms with van der Waals surface area (Å²) in [7, 11) is 0. The summed E-state index contributed by atoms with van der Waals surface area (Å²) in [6.45, 7) is 3.61. The number of hydrogen-bond donors (Lipinski definition) is 2. The minimum atomic E-state index is -0.129. The Hall–Kier alpha value is -1.65. The largest absolute Gasteiger partial charge is 0.311 e. The van der Waals surface area contributed by atoms with Crippen molar-refractivity contribution in [2.75, 3.05) is 6.54 Å². The van der Waals surface area contributed by atoms with Gasteiger partial charge in [-0.15, -0.1) is 0 Å². The normalized spacial score (nSPS) is 10.7. The molecular weight excluding hydrogens is 274 g/mol. The van der Waals surface area contributed by atoms with Gasteiger partial charge in [-0.25, -0.2) is 4.98 Å². The van der Waals surface area contributed by atoms with Crippen molar-refractivity contribution in [1.82, 2.24) is 15.3 Å². The molecule has 0 spiro atoms. The molecule has 1 aromatic carbocycles. The highest BCUT2D eigenvalue weighted by Crippen LogP contribution is 2.17. The van der Waals surface area contributed by atoms with Gasteiger partial charge in [0.2, 0.25) is 0 Å². The molecule has 0 aliphatic carbocycles. The molecule has 0 unspecified atom stereocenters. The molecule has 0 aliphatic rings. The third-order valence-electron chi connectivity index (χ3n) is 2.89. The van der Waals surface area contributed by atoms with E-state index < -0.39 is 0 Å². The van der Waals surface area contributed by atoms with E-state index in [1.54, 1.807) is 0 Å². The minimum absolute atomic E-state index is 0.129. The molecular formula is C15H18ClN3O. The van der Waals surface area contributed by atoms with Crippen molar-refractivity contribution in [2.45, 2.75) is 26.3 Å². The summed E-state index contributed by atoms with van der Waals surface area (Å²) in [4.78, 5) is 18.9. The molecule has 2 N–H and O–H groups in total. The average Bonchev–Trinajstić information content (AvgIpc) is 2.41. The van der Waals surface area contributed by atoms with E-state index in [-0.39, 0.29) is 5.56 Å². The van der Waals surface area contributed by atoms with Gasteiger partial charge in [0.25, 0.3) is 5.56 Å². The monoisotopic (exact) mass is 291 g/mol. The average molecular weight is 292 g/mol. The van der Waals surface area contributed by atoms with E-state index >= 15 is 0 Å². The van der Waals surface area contributed by atoms with Crippen molar-refractivity contribution in [2.24, 2.45) is 0 Å². The fraction of sp³-hybridized carbons (Fsp3) is 0.333. The number of nitrogens with one attached hydrogen (secondary N) is 2. The Morgan fingerprint density at radius 1 is 1.35 bits per heavy atom. The van der Waals surface area contributed by atoms with Gasteiger partial charge in [0.1, 0.15) is 5.82 Å². The fourth-order valence-corrected chi connectivity index (χ4v) is 2.16. The van der Waals surface area contributed by atoms with Crippen LogP contribution in [0.25, 0.3) is 0 Å². The maximum absolute atomic E-state index is 11.7. The summed E-state index contributed by atoms with van der Waals surface area (Å²) in [6.07, 6.45) is 1.58. The molecule has 0 atom stereocenters. The number of H-pyrrole nitrogens is 1. The predicted molar refractivity (Wildman–Crippen MR) is 81.1 cm³/mol. The topological polar surface area (TPSA) is 57.8 Å². The second-order valence-corrected chi connectivity index (χ2v) is 5.04. The first-order valence-electron chi connectivity index (χ1n) is 6.72. The van der Waals surface area contributed by atoms with Gasteiger partial charge in [0.05, 0.1) is 5.69 Å². The van der Waals surface area contributed by atoms with Crippen molar-refractivity contribution in [1.29, 1.82) is 0 Å². The lowest BCUT2D eigenvalue weighted by Crippen LogP contribution is -2.19. The summed E-state index contributed by atoms with van der Waals surface area (Å²) in [6, 6.07) is 9.10. The minimum Gasteiger partial charge on any atom is -0.311 e. The lowest BCUT2D eigenvalue weighted by Gasteiger charge is -2.06. The van der Waals surface area contributed by atoms with E-state index in [9.17, 15) is 4.79 Å². The zero-order valence-electron chi connectivity index (χ0n) is 11.4. The molecule has 106 valence electrons. The lowest BCUT2D eigenvalue weighted by molar-refractivity contribution is 0.658. The Labute approximate surface area is 123 Å². The Balaban J connectivity index is 2.16. The molecule has 0 radical (unpaired) electrons. The summed E-state index contributed by atoms with van der Waals surface area (Å²) in [5.41, 5.74) is 1.58. The van der Waals surface area contributed by atoms with Crippen LogP contribution in [0.1, 0.15) is 30.4 Å². The second-order valence-electron chi connectivity index (χ2n) is 4.63. The highest BCUT2D eigenvalue weighted by molar-refractivity contribution is 6.31. The fourth-order valence-electron chi connectivity index (χ4n) is 1.95. The highest BCUT2D eigenvalue weighted by atomic mass is 35.5. The molecule has 0 amide bonds. The molecule has 1 aromatic heterocycles. The molecule has 20 heavy (non-hydrogen) atoms. The Kier molecular flexibility index (Phi) is 5.32. The number of benzene rings is 1. The molecule has 0 aliphatic heterocycles. The van der Waals surface area contributed by atoms with Gasteiger partial charge in [-0.2, -0.15) is 0 Å². The van der Waals surface area contributed by atoms with Crippen LogP contribution in [0.3, 0.4) is 0 Å². The SMILES string of the molecule is CCCNCc1cc(=O)[nH]c(Cc2ccccc2Cl)n1. The molecule has 4 nitrogen and oxygen atoms in total. The van der Waals surface area contributed by atoms with Crippen LogP contribution in [-0.4, -0.2) is 16.5 Å². The Morgan fingerprint density at radius 3 is 2.90 bits per heavy atom. The standard InChI is InChI=1S/C15H18ClN3O/c1-2-7-17-10-12-9-15(20)19-14(18-12)8-11-5-3-4-6-13(11)16/h3-6,9,17H,2,7-8,10H2,1H3,(H,18,19,20). The maximum atomic E-state index is 11.7. The molecule has 5 heteroatoms. The zero-order chi connectivity index (χ0) is 14.4. The summed E-state index contributed by atoms with van der Waals surface area (Å²) in [5.74, 6) is 0.638. The van der Waals surface area contributed by atoms with Crippen molar-refractivity contribution in [3.8, 4) is 0 Å². The van der Waals surface area contributed by atoms with E-state index in [1.165, 1.54) is 6.07 Å². The first kappa shape index (κ1) is 14.8. The van der Waals surface area contributed by atoms with E-state index in [4.69, 9.17) is 11.6 Å². The van der Waals surface area contributed by atoms with Gasteiger partial charge in [0, 0.05) is 24.1 Å². The van der Waals surface area contributed by atoms with Gasteiger partial charge < -0.3 is 10.3 Å². The second kappa shape index (κ2) is 7.22. The van der Waals surface area contributed by atoms with Crippen LogP contribution in [0.4, 0.5) is 0 Å². The van der Waals surface area contributed by atoms with Gasteiger partial charge >= 0.3 is 0 Å². The summed E-state index contributed by atoms with van der Waals surface area (Å²) >= 11 is 6.12. The number of aromatic amines is 1. The summed E-state index contributed by atoms with van der Waals surface area (Å²) < 4.78 is 0. The smallest absolute Gasteiger partial charge is 0.251 e. The third-order valence-corrected chi connectivity index (χ3v) is 3.26. The van der Waals surface area contributed by atoms with Crippen molar-refractivity contribution < 1.29 is 0 Å². The quantitative estimate of drug-likeness (QED) is 0.804. The van der Waals surface area contributed by atoms with Gasteiger partial charge in [0.15, 0.2) is 0 Å². The first-order valence-corrected chi connectivity index (χ1v) is 7.10. The molecule has 0 saturated carbocycles. The number of nitrogens with zero attached hydrogens (tertiary/aromatic N) is 1. The number of hydrogen-bond acceptors (Lipinski definition) is 3. The molecule has 2 aromatic rings. The Bertz CT molecular complexity index is 625. The van der Waals surface area contributed by atoms with Crippen molar-refractivity contribution >= 4 is 11.6 Å². The molecule has 0 bridgehead atoms. The van der Waals surface area contributed by atoms with Crippen LogP contribution in [0.15, 0.2) is 35.1 Å². The van der Waals surface area contributed by atoms with E-state index in [0.717, 1.165) is 24.2 Å². The van der Waals surface area contributed by atoms with Gasteiger partial charge in [-0.1, -0.05) is 36.7 Å². The number of rotatable bonds is 6. The van der Waals surface area contributed by atoms with E-state index in [1.807, 2.05) is 24.3 Å². The van der Waals surface area contributed by atoms with Crippen LogP contribution in [0.5, 0.6) is 0 Å². The van der Waals surface area contributed by atoms with E-state index in [2.05, 4.69) is 22.2 Å². The van der Waals surface area contributed by atoms with Crippen LogP contribution in [-0.2, 0) is 13.0 Å². The molecule has 0 saturated heterocycles. The van der Waals surface area contributed by atoms with E-state index in [0.29, 0.717) is 23.8 Å². The third kappa shape index (κ3) is 4.18. The van der Waals surface area contributed by atoms with Crippen LogP contribution in [0.2, 0.25) is 5.02 Å². The van der Waals surface area contributed by atoms with Crippen molar-refractivity contribution in [3.05, 3.63) is 62.8 Å². The van der Waals surface area contributed by atoms with Crippen molar-refractivity contribution in [3.63, 3.8) is 0 Å².